The third-order valence-electron chi connectivity index (χ3n) is 4.67. The van der Waals surface area contributed by atoms with Gasteiger partial charge in [0.1, 0.15) is 5.82 Å². The number of H-pyrrole nitrogens is 1. The van der Waals surface area contributed by atoms with Crippen LogP contribution >= 0.6 is 15.9 Å². The summed E-state index contributed by atoms with van der Waals surface area (Å²) in [6.45, 7) is 1.95. The number of aromatic nitrogens is 5. The molecule has 1 aliphatic heterocycles. The van der Waals surface area contributed by atoms with Gasteiger partial charge in [-0.1, -0.05) is 0 Å². The molecule has 0 saturated carbocycles. The molecule has 1 unspecified atom stereocenters. The van der Waals surface area contributed by atoms with Gasteiger partial charge in [-0.05, 0) is 15.9 Å². The Kier molecular flexibility index (Phi) is 4.66. The molecule has 4 heterocycles. The van der Waals surface area contributed by atoms with Gasteiger partial charge in [-0.3, -0.25) is 5.10 Å². The molecular formula is C15H19BrN8O2S. The minimum atomic E-state index is -3.30. The van der Waals surface area contributed by atoms with Crippen molar-refractivity contribution in [3.63, 3.8) is 0 Å². The van der Waals surface area contributed by atoms with Crippen LogP contribution in [0.4, 0.5) is 5.82 Å². The van der Waals surface area contributed by atoms with Crippen molar-refractivity contribution in [3.05, 3.63) is 28.8 Å². The minimum Gasteiger partial charge on any atom is -0.383 e. The molecule has 3 aromatic heterocycles. The van der Waals surface area contributed by atoms with Gasteiger partial charge < -0.3 is 11.1 Å². The van der Waals surface area contributed by atoms with Gasteiger partial charge in [-0.2, -0.15) is 14.7 Å². The van der Waals surface area contributed by atoms with Gasteiger partial charge in [0.25, 0.3) is 0 Å². The quantitative estimate of drug-likeness (QED) is 0.521. The predicted molar refractivity (Wildman–Crippen MR) is 105 cm³/mol. The van der Waals surface area contributed by atoms with E-state index in [0.29, 0.717) is 47.8 Å². The summed E-state index contributed by atoms with van der Waals surface area (Å²) in [5.74, 6) is 0.260. The molecule has 0 radical (unpaired) electrons. The topological polar surface area (TPSA) is 134 Å². The summed E-state index contributed by atoms with van der Waals surface area (Å²) in [5, 5.41) is 14.4. The van der Waals surface area contributed by atoms with Gasteiger partial charge >= 0.3 is 0 Å². The zero-order valence-corrected chi connectivity index (χ0v) is 17.0. The van der Waals surface area contributed by atoms with E-state index in [1.165, 1.54) is 10.6 Å². The van der Waals surface area contributed by atoms with Crippen LogP contribution in [0, 0.1) is 0 Å². The van der Waals surface area contributed by atoms with Crippen molar-refractivity contribution in [1.29, 1.82) is 0 Å². The summed E-state index contributed by atoms with van der Waals surface area (Å²) in [6.07, 6.45) is 6.36. The minimum absolute atomic E-state index is 0.156. The highest BCUT2D eigenvalue weighted by molar-refractivity contribution is 9.10. The Morgan fingerprint density at radius 1 is 1.37 bits per heavy atom. The number of sulfonamides is 1. The maximum absolute atomic E-state index is 12.1. The molecule has 0 aliphatic carbocycles. The van der Waals surface area contributed by atoms with Crippen molar-refractivity contribution in [2.24, 2.45) is 0 Å². The van der Waals surface area contributed by atoms with Gasteiger partial charge in [0, 0.05) is 49.4 Å². The second-order valence-electron chi connectivity index (χ2n) is 6.50. The fourth-order valence-electron chi connectivity index (χ4n) is 3.25. The van der Waals surface area contributed by atoms with E-state index < -0.39 is 10.0 Å². The second-order valence-corrected chi connectivity index (χ2v) is 9.27. The second kappa shape index (κ2) is 6.86. The molecule has 27 heavy (non-hydrogen) atoms. The van der Waals surface area contributed by atoms with Crippen LogP contribution < -0.4 is 11.1 Å². The first-order chi connectivity index (χ1) is 12.9. The first-order valence-corrected chi connectivity index (χ1v) is 11.0. The summed E-state index contributed by atoms with van der Waals surface area (Å²) in [7, 11) is -3.30. The SMILES string of the molecule is CS(=O)(=O)N1CCNCC(c2nc3c(-c4cn[nH]c4)cnn3c(N)c2Br)C1. The Morgan fingerprint density at radius 2 is 2.19 bits per heavy atom. The number of nitrogens with zero attached hydrogens (tertiary/aromatic N) is 5. The summed E-state index contributed by atoms with van der Waals surface area (Å²) in [4.78, 5) is 4.80. The Balaban J connectivity index is 1.83. The van der Waals surface area contributed by atoms with Gasteiger partial charge in [-0.25, -0.2) is 17.7 Å². The maximum atomic E-state index is 12.1. The van der Waals surface area contributed by atoms with Crippen molar-refractivity contribution in [3.8, 4) is 11.1 Å². The van der Waals surface area contributed by atoms with E-state index in [9.17, 15) is 8.42 Å². The van der Waals surface area contributed by atoms with Crippen molar-refractivity contribution < 1.29 is 8.42 Å². The molecule has 10 nitrogen and oxygen atoms in total. The molecular weight excluding hydrogens is 436 g/mol. The Hall–Kier alpha value is -2.02. The van der Waals surface area contributed by atoms with E-state index in [0.717, 1.165) is 11.1 Å². The van der Waals surface area contributed by atoms with Crippen molar-refractivity contribution in [2.45, 2.75) is 5.92 Å². The lowest BCUT2D eigenvalue weighted by molar-refractivity contribution is 0.417. The lowest BCUT2D eigenvalue weighted by atomic mass is 10.1. The molecule has 1 aliphatic rings. The molecule has 4 N–H and O–H groups in total. The number of hydrogen-bond donors (Lipinski definition) is 3. The van der Waals surface area contributed by atoms with Crippen LogP contribution in [-0.2, 0) is 10.0 Å². The van der Waals surface area contributed by atoms with Crippen LogP contribution in [0.15, 0.2) is 23.1 Å². The number of fused-ring (bicyclic) bond motifs is 1. The summed E-state index contributed by atoms with van der Waals surface area (Å²) in [6, 6.07) is 0. The number of nitrogen functional groups attached to an aromatic ring is 1. The van der Waals surface area contributed by atoms with E-state index in [-0.39, 0.29) is 5.92 Å². The van der Waals surface area contributed by atoms with Crippen molar-refractivity contribution in [1.82, 2.24) is 34.4 Å². The van der Waals surface area contributed by atoms with Gasteiger partial charge in [-0.15, -0.1) is 0 Å². The van der Waals surface area contributed by atoms with Crippen LogP contribution in [0.5, 0.6) is 0 Å². The first-order valence-electron chi connectivity index (χ1n) is 8.34. The Bertz CT molecular complexity index is 1080. The molecule has 144 valence electrons. The fourth-order valence-corrected chi connectivity index (χ4v) is 4.71. The number of halogens is 1. The zero-order chi connectivity index (χ0) is 19.2. The largest absolute Gasteiger partial charge is 0.383 e. The normalized spacial score (nSPS) is 19.4. The smallest absolute Gasteiger partial charge is 0.211 e. The molecule has 1 saturated heterocycles. The highest BCUT2D eigenvalue weighted by Gasteiger charge is 2.29. The third kappa shape index (κ3) is 3.33. The van der Waals surface area contributed by atoms with Crippen LogP contribution in [0.25, 0.3) is 16.8 Å². The standard InChI is InChI=1S/C15H19BrN8O2S/c1-27(25,26)23-3-2-18-4-10(8-23)13-12(16)14(17)24-15(22-13)11(7-21-24)9-5-19-20-6-9/h5-7,10,18H,2-4,8,17H2,1H3,(H,19,20). The maximum Gasteiger partial charge on any atom is 0.211 e. The van der Waals surface area contributed by atoms with E-state index in [1.807, 2.05) is 0 Å². The van der Waals surface area contributed by atoms with E-state index in [2.05, 4.69) is 36.5 Å². The molecule has 0 aromatic carbocycles. The lowest BCUT2D eigenvalue weighted by Gasteiger charge is -2.22. The number of aromatic amines is 1. The Labute approximate surface area is 164 Å². The molecule has 1 atom stereocenters. The predicted octanol–water partition coefficient (Wildman–Crippen LogP) is 0.413. The van der Waals surface area contributed by atoms with E-state index >= 15 is 0 Å². The van der Waals surface area contributed by atoms with E-state index in [1.54, 1.807) is 23.1 Å². The molecule has 0 spiro atoms. The summed E-state index contributed by atoms with van der Waals surface area (Å²) >= 11 is 3.53. The van der Waals surface area contributed by atoms with Crippen LogP contribution in [0.2, 0.25) is 0 Å². The monoisotopic (exact) mass is 454 g/mol. The van der Waals surface area contributed by atoms with Gasteiger partial charge in [0.05, 0.1) is 28.8 Å². The van der Waals surface area contributed by atoms with Crippen LogP contribution in [-0.4, -0.2) is 70.0 Å². The average Bonchev–Trinajstić information content (AvgIpc) is 3.21. The number of anilines is 1. The Morgan fingerprint density at radius 3 is 2.89 bits per heavy atom. The number of rotatable bonds is 3. The van der Waals surface area contributed by atoms with Crippen molar-refractivity contribution >= 4 is 37.4 Å². The molecule has 0 bridgehead atoms. The van der Waals surface area contributed by atoms with Crippen LogP contribution in [0.1, 0.15) is 11.6 Å². The fraction of sp³-hybridized carbons (Fsp3) is 0.400. The first kappa shape index (κ1) is 18.3. The highest BCUT2D eigenvalue weighted by atomic mass is 79.9. The molecule has 1 fully saturated rings. The number of nitrogens with two attached hydrogens (primary N) is 1. The summed E-state index contributed by atoms with van der Waals surface area (Å²) in [5.41, 5.74) is 9.24. The van der Waals surface area contributed by atoms with Gasteiger partial charge in [0.2, 0.25) is 10.0 Å². The average molecular weight is 455 g/mol. The van der Waals surface area contributed by atoms with Gasteiger partial charge in [0.15, 0.2) is 5.65 Å². The zero-order valence-electron chi connectivity index (χ0n) is 14.6. The molecule has 12 heteroatoms. The van der Waals surface area contributed by atoms with Crippen LogP contribution in [0.3, 0.4) is 0 Å². The van der Waals surface area contributed by atoms with E-state index in [4.69, 9.17) is 10.7 Å². The molecule has 4 rings (SSSR count). The summed E-state index contributed by atoms with van der Waals surface area (Å²) < 4.78 is 27.8. The lowest BCUT2D eigenvalue weighted by Crippen LogP contribution is -2.34. The number of hydrogen-bond acceptors (Lipinski definition) is 7. The number of nitrogens with one attached hydrogen (secondary N) is 2. The highest BCUT2D eigenvalue weighted by Crippen LogP contribution is 2.33. The van der Waals surface area contributed by atoms with Crippen molar-refractivity contribution in [2.75, 3.05) is 38.2 Å². The molecule has 0 amide bonds. The third-order valence-corrected chi connectivity index (χ3v) is 6.75. The molecule has 3 aromatic rings.